The van der Waals surface area contributed by atoms with E-state index in [9.17, 15) is 8.42 Å². The van der Waals surface area contributed by atoms with E-state index in [1.165, 1.54) is 5.56 Å². The summed E-state index contributed by atoms with van der Waals surface area (Å²) in [6, 6.07) is 19.6. The Labute approximate surface area is 263 Å². The van der Waals surface area contributed by atoms with Gasteiger partial charge in [0, 0.05) is 34.8 Å². The molecule has 3 atom stereocenters. The summed E-state index contributed by atoms with van der Waals surface area (Å²) in [5.74, 6) is 2.27. The van der Waals surface area contributed by atoms with Gasteiger partial charge in [-0.15, -0.1) is 0 Å². The molecule has 2 aromatic heterocycles. The number of pyridine rings is 2. The van der Waals surface area contributed by atoms with Gasteiger partial charge in [0.15, 0.2) is 5.03 Å². The van der Waals surface area contributed by atoms with Crippen molar-refractivity contribution in [3.05, 3.63) is 83.6 Å². The molecule has 4 bridgehead atoms. The molecule has 44 heavy (non-hydrogen) atoms. The molecule has 1 saturated heterocycles. The molecule has 2 unspecified atom stereocenters. The zero-order valence-corrected chi connectivity index (χ0v) is 27.6. The van der Waals surface area contributed by atoms with Crippen LogP contribution in [0.3, 0.4) is 0 Å². The third-order valence-electron chi connectivity index (χ3n) is 9.40. The van der Waals surface area contributed by atoms with Gasteiger partial charge >= 0.3 is 0 Å². The lowest BCUT2D eigenvalue weighted by Crippen LogP contribution is -2.41. The minimum Gasteiger partial charge on any atom is -0.367 e. The Kier molecular flexibility index (Phi) is 8.35. The molecule has 0 spiro atoms. The van der Waals surface area contributed by atoms with Gasteiger partial charge in [-0.25, -0.2) is 23.1 Å². The molecule has 1 aliphatic carbocycles. The molecule has 2 fully saturated rings. The van der Waals surface area contributed by atoms with Crippen LogP contribution < -0.4 is 14.9 Å². The van der Waals surface area contributed by atoms with Gasteiger partial charge in [0.1, 0.15) is 11.6 Å². The first-order valence-corrected chi connectivity index (χ1v) is 17.6. The summed E-state index contributed by atoms with van der Waals surface area (Å²) in [6.07, 6.45) is 10.2. The van der Waals surface area contributed by atoms with Crippen molar-refractivity contribution >= 4 is 27.7 Å². The van der Waals surface area contributed by atoms with Crippen molar-refractivity contribution in [1.82, 2.24) is 14.7 Å². The van der Waals surface area contributed by atoms with Gasteiger partial charge < -0.3 is 10.2 Å². The molecule has 3 aromatic rings. The number of aromatic nitrogens is 2. The third kappa shape index (κ3) is 6.86. The first-order chi connectivity index (χ1) is 20.9. The lowest BCUT2D eigenvalue weighted by Gasteiger charge is -2.36. The highest BCUT2D eigenvalue weighted by atomic mass is 32.2. The SMILES string of the molecule is CC(C)(C)c1ccc2c(n1)N1C[C@@H](CCC(C/C=C/c3ccccc3)Nc3cccc(n3)S(=O)(=O)NC2C2CC2)CC1(C)C. The molecule has 2 aliphatic heterocycles. The summed E-state index contributed by atoms with van der Waals surface area (Å²) in [4.78, 5) is 12.4. The normalized spacial score (nSPS) is 25.1. The van der Waals surface area contributed by atoms with E-state index in [1.807, 2.05) is 24.3 Å². The Morgan fingerprint density at radius 2 is 1.73 bits per heavy atom. The lowest BCUT2D eigenvalue weighted by molar-refractivity contribution is 0.432. The monoisotopic (exact) mass is 613 g/mol. The van der Waals surface area contributed by atoms with E-state index in [2.05, 4.69) is 91.0 Å². The van der Waals surface area contributed by atoms with Crippen LogP contribution in [0.25, 0.3) is 6.08 Å². The Balaban J connectivity index is 1.40. The van der Waals surface area contributed by atoms with Gasteiger partial charge in [-0.1, -0.05) is 75.4 Å². The summed E-state index contributed by atoms with van der Waals surface area (Å²) in [5, 5.41) is 3.64. The molecular weight excluding hydrogens is 566 g/mol. The van der Waals surface area contributed by atoms with E-state index in [-0.39, 0.29) is 34.0 Å². The fourth-order valence-electron chi connectivity index (χ4n) is 6.83. The van der Waals surface area contributed by atoms with E-state index in [0.29, 0.717) is 11.7 Å². The van der Waals surface area contributed by atoms with Crippen LogP contribution in [0.1, 0.15) is 96.0 Å². The maximum atomic E-state index is 13.9. The Morgan fingerprint density at radius 3 is 2.45 bits per heavy atom. The van der Waals surface area contributed by atoms with Crippen LogP contribution in [-0.2, 0) is 15.4 Å². The van der Waals surface area contributed by atoms with E-state index >= 15 is 0 Å². The van der Waals surface area contributed by atoms with Crippen LogP contribution in [0.15, 0.2) is 71.8 Å². The quantitative estimate of drug-likeness (QED) is 0.317. The van der Waals surface area contributed by atoms with Crippen molar-refractivity contribution in [3.63, 3.8) is 0 Å². The largest absolute Gasteiger partial charge is 0.367 e. The first-order valence-electron chi connectivity index (χ1n) is 16.2. The summed E-state index contributed by atoms with van der Waals surface area (Å²) >= 11 is 0. The fourth-order valence-corrected chi connectivity index (χ4v) is 8.08. The van der Waals surface area contributed by atoms with Crippen LogP contribution in [-0.4, -0.2) is 36.5 Å². The smallest absolute Gasteiger partial charge is 0.258 e. The molecule has 7 nitrogen and oxygen atoms in total. The second-order valence-electron chi connectivity index (χ2n) is 14.6. The highest BCUT2D eigenvalue weighted by Gasteiger charge is 2.44. The molecule has 8 heteroatoms. The molecule has 1 aromatic carbocycles. The number of fused-ring (bicyclic) bond motifs is 6. The average Bonchev–Trinajstić information content (AvgIpc) is 3.77. The zero-order chi connectivity index (χ0) is 31.1. The van der Waals surface area contributed by atoms with Crippen LogP contribution in [0.2, 0.25) is 0 Å². The number of hydrogen-bond acceptors (Lipinski definition) is 6. The van der Waals surface area contributed by atoms with Crippen molar-refractivity contribution < 1.29 is 8.42 Å². The van der Waals surface area contributed by atoms with Crippen LogP contribution in [0.4, 0.5) is 11.6 Å². The molecule has 1 saturated carbocycles. The highest BCUT2D eigenvalue weighted by Crippen LogP contribution is 2.47. The molecule has 4 heterocycles. The van der Waals surface area contributed by atoms with E-state index in [0.717, 1.165) is 62.1 Å². The third-order valence-corrected chi connectivity index (χ3v) is 10.7. The Morgan fingerprint density at radius 1 is 0.955 bits per heavy atom. The van der Waals surface area contributed by atoms with Crippen molar-refractivity contribution in [2.45, 2.75) is 101 Å². The molecule has 6 rings (SSSR count). The zero-order valence-electron chi connectivity index (χ0n) is 26.8. The van der Waals surface area contributed by atoms with Crippen LogP contribution in [0.5, 0.6) is 0 Å². The summed E-state index contributed by atoms with van der Waals surface area (Å²) in [6.45, 7) is 12.1. The summed E-state index contributed by atoms with van der Waals surface area (Å²) < 4.78 is 31.0. The van der Waals surface area contributed by atoms with Crippen molar-refractivity contribution in [2.75, 3.05) is 16.8 Å². The number of rotatable bonds is 4. The average molecular weight is 614 g/mol. The second-order valence-corrected chi connectivity index (χ2v) is 16.3. The van der Waals surface area contributed by atoms with E-state index < -0.39 is 10.0 Å². The van der Waals surface area contributed by atoms with E-state index in [1.54, 1.807) is 12.1 Å². The fraction of sp³-hybridized carbons (Fsp3) is 0.500. The predicted molar refractivity (Wildman–Crippen MR) is 179 cm³/mol. The lowest BCUT2D eigenvalue weighted by atomic mass is 9.90. The summed E-state index contributed by atoms with van der Waals surface area (Å²) in [7, 11) is -3.89. The van der Waals surface area contributed by atoms with Gasteiger partial charge in [0.2, 0.25) is 0 Å². The molecule has 0 amide bonds. The topological polar surface area (TPSA) is 87.2 Å². The van der Waals surface area contributed by atoms with Crippen LogP contribution >= 0.6 is 0 Å². The molecule has 2 N–H and O–H groups in total. The Hall–Kier alpha value is -3.23. The molecular formula is C36H47N5O2S. The van der Waals surface area contributed by atoms with Crippen molar-refractivity contribution in [1.29, 1.82) is 0 Å². The van der Waals surface area contributed by atoms with Crippen LogP contribution in [0, 0.1) is 11.8 Å². The van der Waals surface area contributed by atoms with E-state index in [4.69, 9.17) is 4.98 Å². The summed E-state index contributed by atoms with van der Waals surface area (Å²) in [5.41, 5.74) is 2.94. The van der Waals surface area contributed by atoms with Gasteiger partial charge in [0.25, 0.3) is 10.0 Å². The van der Waals surface area contributed by atoms with Crippen molar-refractivity contribution in [3.8, 4) is 0 Å². The van der Waals surface area contributed by atoms with Gasteiger partial charge in [-0.05, 0) is 88.0 Å². The number of nitrogens with one attached hydrogen (secondary N) is 2. The molecule has 0 radical (unpaired) electrons. The predicted octanol–water partition coefficient (Wildman–Crippen LogP) is 7.49. The number of benzene rings is 1. The standard InChI is InChI=1S/C36H47N5O2S/c1-35(2,3)30-22-21-29-33(27-18-19-27)40-44(42,43)32-16-10-15-31(39-32)37-28(14-9-13-25-11-7-6-8-12-25)20-17-26-23-36(4,5)41(24-26)34(29)38-30/h6-13,15-16,21-22,26-28,33,40H,14,17-20,23-24H2,1-5H3,(H,37,39)/b13-9+/t26-,28?,33?/m0/s1. The van der Waals surface area contributed by atoms with Crippen molar-refractivity contribution in [2.24, 2.45) is 11.8 Å². The first kappa shape index (κ1) is 30.8. The number of nitrogens with zero attached hydrogens (tertiary/aromatic N) is 3. The van der Waals surface area contributed by atoms with Gasteiger partial charge in [0.05, 0.1) is 6.04 Å². The molecule has 234 valence electrons. The maximum absolute atomic E-state index is 13.9. The minimum absolute atomic E-state index is 0.0459. The minimum atomic E-state index is -3.89. The maximum Gasteiger partial charge on any atom is 0.258 e. The second kappa shape index (κ2) is 11.9. The number of hydrogen-bond donors (Lipinski definition) is 2. The highest BCUT2D eigenvalue weighted by molar-refractivity contribution is 7.89. The number of sulfonamides is 1. The number of anilines is 2. The molecule has 3 aliphatic rings. The Bertz CT molecular complexity index is 1610. The van der Waals surface area contributed by atoms with Gasteiger partial charge in [-0.2, -0.15) is 0 Å². The van der Waals surface area contributed by atoms with Gasteiger partial charge in [-0.3, -0.25) is 0 Å².